The van der Waals surface area contributed by atoms with Gasteiger partial charge in [0.25, 0.3) is 5.91 Å². The second-order valence-corrected chi connectivity index (χ2v) is 4.56. The first-order valence-electron chi connectivity index (χ1n) is 6.79. The molecule has 22 heavy (non-hydrogen) atoms. The molecule has 0 saturated carbocycles. The summed E-state index contributed by atoms with van der Waals surface area (Å²) in [5, 5.41) is 5.05. The minimum atomic E-state index is -0.313. The van der Waals surface area contributed by atoms with E-state index in [1.54, 1.807) is 24.3 Å². The van der Waals surface area contributed by atoms with Gasteiger partial charge in [-0.2, -0.15) is 0 Å². The zero-order valence-corrected chi connectivity index (χ0v) is 12.2. The van der Waals surface area contributed by atoms with Crippen molar-refractivity contribution in [2.75, 3.05) is 31.6 Å². The van der Waals surface area contributed by atoms with E-state index in [1.165, 1.54) is 24.1 Å². The Morgan fingerprint density at radius 1 is 1.36 bits per heavy atom. The average molecular weight is 303 g/mol. The number of amides is 3. The van der Waals surface area contributed by atoms with Crippen LogP contribution in [0.3, 0.4) is 0 Å². The van der Waals surface area contributed by atoms with Crippen LogP contribution in [0.4, 0.5) is 5.69 Å². The van der Waals surface area contributed by atoms with E-state index in [-0.39, 0.29) is 37.4 Å². The summed E-state index contributed by atoms with van der Waals surface area (Å²) in [4.78, 5) is 36.2. The number of likely N-dealkylation sites (N-methyl/N-ethyl adjacent to an activating group) is 1. The van der Waals surface area contributed by atoms with E-state index in [0.717, 1.165) is 0 Å². The van der Waals surface area contributed by atoms with E-state index >= 15 is 0 Å². The van der Waals surface area contributed by atoms with E-state index in [2.05, 4.69) is 10.6 Å². The molecule has 0 unspecified atom stereocenters. The minimum absolute atomic E-state index is 0.0825. The molecule has 0 saturated heterocycles. The van der Waals surface area contributed by atoms with Gasteiger partial charge in [0.2, 0.25) is 11.8 Å². The normalized spacial score (nSPS) is 13.5. The number of hydrogen-bond acceptors (Lipinski definition) is 4. The summed E-state index contributed by atoms with van der Waals surface area (Å²) in [5.74, 6) is -0.248. The van der Waals surface area contributed by atoms with Gasteiger partial charge in [0.1, 0.15) is 12.3 Å². The molecule has 2 rings (SSSR count). The number of hydrogen-bond donors (Lipinski definition) is 2. The van der Waals surface area contributed by atoms with E-state index in [9.17, 15) is 14.4 Å². The predicted molar refractivity (Wildman–Crippen MR) is 80.5 cm³/mol. The first-order chi connectivity index (χ1) is 10.6. The first-order valence-corrected chi connectivity index (χ1v) is 6.79. The van der Waals surface area contributed by atoms with Crippen LogP contribution in [0.1, 0.15) is 0 Å². The molecule has 3 amide bonds. The highest BCUT2D eigenvalue weighted by Gasteiger charge is 2.26. The molecule has 1 aromatic carbocycles. The maximum atomic E-state index is 11.9. The van der Waals surface area contributed by atoms with Crippen LogP contribution in [-0.4, -0.2) is 44.5 Å². The third-order valence-corrected chi connectivity index (χ3v) is 3.04. The van der Waals surface area contributed by atoms with Gasteiger partial charge < -0.3 is 15.4 Å². The number of para-hydroxylation sites is 2. The lowest BCUT2D eigenvalue weighted by atomic mass is 10.2. The quantitative estimate of drug-likeness (QED) is 0.739. The molecule has 2 N–H and O–H groups in total. The Morgan fingerprint density at radius 3 is 2.91 bits per heavy atom. The van der Waals surface area contributed by atoms with Crippen molar-refractivity contribution in [2.24, 2.45) is 0 Å². The van der Waals surface area contributed by atoms with Crippen LogP contribution in [0.15, 0.2) is 36.4 Å². The fourth-order valence-corrected chi connectivity index (χ4v) is 1.95. The van der Waals surface area contributed by atoms with Crippen LogP contribution >= 0.6 is 0 Å². The third-order valence-electron chi connectivity index (χ3n) is 3.04. The standard InChI is InChI=1S/C15H17N3O4/c1-16-13(19)7-4-8-17-14(20)9-18-11-5-2-3-6-12(11)22-10-15(18)21/h2-7H,8-10H2,1H3,(H,16,19)(H,17,20). The number of fused-ring (bicyclic) bond motifs is 1. The summed E-state index contributed by atoms with van der Waals surface area (Å²) in [7, 11) is 1.52. The Kier molecular flexibility index (Phi) is 5.13. The zero-order chi connectivity index (χ0) is 15.9. The van der Waals surface area contributed by atoms with Crippen molar-refractivity contribution in [3.63, 3.8) is 0 Å². The molecule has 1 aliphatic rings. The van der Waals surface area contributed by atoms with E-state index in [0.29, 0.717) is 11.4 Å². The molecular formula is C15H17N3O4. The molecule has 1 heterocycles. The van der Waals surface area contributed by atoms with Gasteiger partial charge in [-0.1, -0.05) is 18.2 Å². The lowest BCUT2D eigenvalue weighted by Gasteiger charge is -2.28. The second kappa shape index (κ2) is 7.26. The number of nitrogens with one attached hydrogen (secondary N) is 2. The molecule has 1 aliphatic heterocycles. The van der Waals surface area contributed by atoms with Crippen molar-refractivity contribution in [1.82, 2.24) is 10.6 Å². The van der Waals surface area contributed by atoms with Gasteiger partial charge in [0.05, 0.1) is 5.69 Å². The number of benzene rings is 1. The summed E-state index contributed by atoms with van der Waals surface area (Å²) in [6, 6.07) is 7.05. The Morgan fingerprint density at radius 2 is 2.14 bits per heavy atom. The van der Waals surface area contributed by atoms with Gasteiger partial charge in [-0.3, -0.25) is 19.3 Å². The summed E-state index contributed by atoms with van der Waals surface area (Å²) in [5.41, 5.74) is 0.579. The summed E-state index contributed by atoms with van der Waals surface area (Å²) < 4.78 is 5.31. The van der Waals surface area contributed by atoms with Gasteiger partial charge in [0, 0.05) is 19.7 Å². The molecule has 0 atom stereocenters. The van der Waals surface area contributed by atoms with Crippen molar-refractivity contribution in [2.45, 2.75) is 0 Å². The zero-order valence-electron chi connectivity index (χ0n) is 12.2. The average Bonchev–Trinajstić information content (AvgIpc) is 2.54. The number of nitrogens with zero attached hydrogens (tertiary/aromatic N) is 1. The highest BCUT2D eigenvalue weighted by atomic mass is 16.5. The maximum Gasteiger partial charge on any atom is 0.265 e. The number of ether oxygens (including phenoxy) is 1. The molecule has 0 spiro atoms. The monoisotopic (exact) mass is 303 g/mol. The SMILES string of the molecule is CNC(=O)C=CCNC(=O)CN1C(=O)COc2ccccc21. The van der Waals surface area contributed by atoms with Crippen molar-refractivity contribution in [3.05, 3.63) is 36.4 Å². The largest absolute Gasteiger partial charge is 0.482 e. The summed E-state index contributed by atoms with van der Waals surface area (Å²) in [6.45, 7) is 0.0420. The Hall–Kier alpha value is -2.83. The maximum absolute atomic E-state index is 11.9. The van der Waals surface area contributed by atoms with Crippen molar-refractivity contribution < 1.29 is 19.1 Å². The highest BCUT2D eigenvalue weighted by molar-refractivity contribution is 6.02. The highest BCUT2D eigenvalue weighted by Crippen LogP contribution is 2.30. The fourth-order valence-electron chi connectivity index (χ4n) is 1.95. The Labute approximate surface area is 127 Å². The minimum Gasteiger partial charge on any atom is -0.482 e. The van der Waals surface area contributed by atoms with Gasteiger partial charge in [-0.05, 0) is 12.1 Å². The Balaban J connectivity index is 1.93. The van der Waals surface area contributed by atoms with Gasteiger partial charge >= 0.3 is 0 Å². The van der Waals surface area contributed by atoms with Crippen molar-refractivity contribution in [1.29, 1.82) is 0 Å². The van der Waals surface area contributed by atoms with Crippen LogP contribution in [0, 0.1) is 0 Å². The predicted octanol–water partition coefficient (Wildman–Crippen LogP) is -0.170. The lowest BCUT2D eigenvalue weighted by Crippen LogP contribution is -2.45. The molecule has 1 aromatic rings. The van der Waals surface area contributed by atoms with Gasteiger partial charge in [-0.15, -0.1) is 0 Å². The molecular weight excluding hydrogens is 286 g/mol. The molecule has 7 heteroatoms. The lowest BCUT2D eigenvalue weighted by molar-refractivity contribution is -0.125. The van der Waals surface area contributed by atoms with Crippen LogP contribution in [0.5, 0.6) is 5.75 Å². The number of rotatable bonds is 5. The molecule has 116 valence electrons. The number of anilines is 1. The van der Waals surface area contributed by atoms with Crippen molar-refractivity contribution in [3.8, 4) is 5.75 Å². The Bertz CT molecular complexity index is 613. The molecule has 0 aromatic heterocycles. The fraction of sp³-hybridized carbons (Fsp3) is 0.267. The van der Waals surface area contributed by atoms with Crippen LogP contribution in [-0.2, 0) is 14.4 Å². The van der Waals surface area contributed by atoms with Gasteiger partial charge in [0.15, 0.2) is 6.61 Å². The van der Waals surface area contributed by atoms with E-state index < -0.39 is 0 Å². The molecule has 0 fully saturated rings. The second-order valence-electron chi connectivity index (χ2n) is 4.56. The molecule has 7 nitrogen and oxygen atoms in total. The van der Waals surface area contributed by atoms with Crippen LogP contribution < -0.4 is 20.3 Å². The van der Waals surface area contributed by atoms with Gasteiger partial charge in [-0.25, -0.2) is 0 Å². The topological polar surface area (TPSA) is 87.7 Å². The smallest absolute Gasteiger partial charge is 0.265 e. The van der Waals surface area contributed by atoms with Crippen LogP contribution in [0.25, 0.3) is 0 Å². The van der Waals surface area contributed by atoms with Crippen molar-refractivity contribution >= 4 is 23.4 Å². The molecule has 0 radical (unpaired) electrons. The van der Waals surface area contributed by atoms with E-state index in [1.807, 2.05) is 0 Å². The third kappa shape index (κ3) is 3.85. The van der Waals surface area contributed by atoms with E-state index in [4.69, 9.17) is 4.74 Å². The summed E-state index contributed by atoms with van der Waals surface area (Å²) in [6.07, 6.45) is 2.86. The van der Waals surface area contributed by atoms with Crippen LogP contribution in [0.2, 0.25) is 0 Å². The molecule has 0 aliphatic carbocycles. The molecule has 0 bridgehead atoms. The number of carbonyl (C=O) groups is 3. The first kappa shape index (κ1) is 15.6. The summed E-state index contributed by atoms with van der Waals surface area (Å²) >= 11 is 0. The number of carbonyl (C=O) groups excluding carboxylic acids is 3.